The molecule has 0 spiro atoms. The Balaban J connectivity index is 1.58. The molecule has 3 rings (SSSR count). The van der Waals surface area contributed by atoms with Crippen LogP contribution >= 0.6 is 23.2 Å². The van der Waals surface area contributed by atoms with Gasteiger partial charge in [-0.25, -0.2) is 21.6 Å². The van der Waals surface area contributed by atoms with Crippen LogP contribution in [0.5, 0.6) is 11.5 Å². The van der Waals surface area contributed by atoms with E-state index >= 15 is 0 Å². The van der Waals surface area contributed by atoms with Crippen molar-refractivity contribution in [3.63, 3.8) is 0 Å². The maximum Gasteiger partial charge on any atom is 0.246 e. The van der Waals surface area contributed by atoms with Crippen molar-refractivity contribution in [3.05, 3.63) is 46.4 Å². The highest BCUT2D eigenvalue weighted by atomic mass is 35.5. The molecule has 9 nitrogen and oxygen atoms in total. The number of hydrogen-bond donors (Lipinski definition) is 1. The van der Waals surface area contributed by atoms with Gasteiger partial charge in [0, 0.05) is 49.3 Å². The average molecular weight is 538 g/mol. The lowest BCUT2D eigenvalue weighted by atomic mass is 10.3. The third-order valence-electron chi connectivity index (χ3n) is 5.21. The number of hydrogen-bond acceptors (Lipinski definition) is 7. The zero-order valence-electron chi connectivity index (χ0n) is 18.1. The second-order valence-corrected chi connectivity index (χ2v) is 11.7. The van der Waals surface area contributed by atoms with Gasteiger partial charge in [0.05, 0.1) is 14.2 Å². The van der Waals surface area contributed by atoms with Crippen molar-refractivity contribution in [2.75, 3.05) is 53.5 Å². The Labute approximate surface area is 204 Å². The summed E-state index contributed by atoms with van der Waals surface area (Å²) in [6.45, 7) is 1.97. The van der Waals surface area contributed by atoms with E-state index in [-0.39, 0.29) is 45.9 Å². The first-order valence-electron chi connectivity index (χ1n) is 9.98. The highest BCUT2D eigenvalue weighted by Crippen LogP contribution is 2.30. The molecule has 0 aliphatic carbocycles. The Morgan fingerprint density at radius 1 is 0.848 bits per heavy atom. The summed E-state index contributed by atoms with van der Waals surface area (Å²) in [7, 11) is -4.82. The van der Waals surface area contributed by atoms with E-state index in [2.05, 4.69) is 4.72 Å². The normalized spacial score (nSPS) is 16.0. The van der Waals surface area contributed by atoms with Crippen LogP contribution in [0.15, 0.2) is 46.2 Å². The second kappa shape index (κ2) is 10.8. The van der Waals surface area contributed by atoms with Crippen LogP contribution in [-0.4, -0.2) is 79.5 Å². The van der Waals surface area contributed by atoms with Gasteiger partial charge in [-0.1, -0.05) is 23.2 Å². The summed E-state index contributed by atoms with van der Waals surface area (Å²) in [6, 6.07) is 8.83. The van der Waals surface area contributed by atoms with E-state index in [1.54, 1.807) is 12.1 Å². The Hall–Kier alpha value is -1.60. The van der Waals surface area contributed by atoms with E-state index in [9.17, 15) is 16.8 Å². The van der Waals surface area contributed by atoms with Crippen LogP contribution in [0.25, 0.3) is 0 Å². The van der Waals surface area contributed by atoms with Gasteiger partial charge < -0.3 is 9.47 Å². The highest BCUT2D eigenvalue weighted by Gasteiger charge is 2.31. The maximum atomic E-state index is 13.1. The van der Waals surface area contributed by atoms with Gasteiger partial charge in [-0.05, 0) is 36.4 Å². The molecule has 1 aliphatic heterocycles. The molecule has 0 radical (unpaired) electrons. The van der Waals surface area contributed by atoms with Crippen LogP contribution in [0.2, 0.25) is 10.0 Å². The minimum Gasteiger partial charge on any atom is -0.495 e. The molecule has 2 aromatic carbocycles. The number of halogens is 2. The van der Waals surface area contributed by atoms with E-state index in [1.165, 1.54) is 42.8 Å². The van der Waals surface area contributed by atoms with Gasteiger partial charge in [0.1, 0.15) is 21.3 Å². The molecular formula is C20H25Cl2N3O6S2. The number of benzene rings is 2. The van der Waals surface area contributed by atoms with Gasteiger partial charge in [-0.15, -0.1) is 0 Å². The minimum atomic E-state index is -3.83. The maximum absolute atomic E-state index is 13.1. The average Bonchev–Trinajstić information content (AvgIpc) is 2.79. The molecule has 33 heavy (non-hydrogen) atoms. The van der Waals surface area contributed by atoms with E-state index in [0.717, 1.165) is 0 Å². The Kier molecular flexibility index (Phi) is 8.49. The summed E-state index contributed by atoms with van der Waals surface area (Å²) in [6.07, 6.45) is 0. The first-order chi connectivity index (χ1) is 15.6. The molecule has 0 amide bonds. The van der Waals surface area contributed by atoms with E-state index in [4.69, 9.17) is 32.7 Å². The quantitative estimate of drug-likeness (QED) is 0.523. The molecule has 1 fully saturated rings. The van der Waals surface area contributed by atoms with Gasteiger partial charge in [0.15, 0.2) is 0 Å². The zero-order chi connectivity index (χ0) is 24.2. The standard InChI is InChI=1S/C20H25Cl2N3O6S2/c1-30-17-5-3-15(21)13-19(17)32(26,27)23-7-8-24-9-11-25(12-10-24)33(28,29)20-14-16(22)4-6-18(20)31-2/h3-6,13-14,23H,7-12H2,1-2H3. The predicted octanol–water partition coefficient (Wildman–Crippen LogP) is 2.30. The first kappa shape index (κ1) is 26.0. The number of ether oxygens (including phenoxy) is 2. The van der Waals surface area contributed by atoms with Gasteiger partial charge in [-0.2, -0.15) is 4.31 Å². The number of nitrogens with one attached hydrogen (secondary N) is 1. The molecule has 2 aromatic rings. The first-order valence-corrected chi connectivity index (χ1v) is 13.7. The van der Waals surface area contributed by atoms with Crippen molar-refractivity contribution in [3.8, 4) is 11.5 Å². The fourth-order valence-electron chi connectivity index (χ4n) is 3.46. The summed E-state index contributed by atoms with van der Waals surface area (Å²) < 4.78 is 65.7. The van der Waals surface area contributed by atoms with Crippen LogP contribution in [0.3, 0.4) is 0 Å². The van der Waals surface area contributed by atoms with Crippen molar-refractivity contribution < 1.29 is 26.3 Å². The van der Waals surface area contributed by atoms with Crippen LogP contribution in [0, 0.1) is 0 Å². The molecule has 182 valence electrons. The largest absolute Gasteiger partial charge is 0.495 e. The predicted molar refractivity (Wildman–Crippen MR) is 126 cm³/mol. The molecule has 1 N–H and O–H groups in total. The molecule has 0 bridgehead atoms. The zero-order valence-corrected chi connectivity index (χ0v) is 21.3. The van der Waals surface area contributed by atoms with Crippen LogP contribution < -0.4 is 14.2 Å². The number of nitrogens with zero attached hydrogens (tertiary/aromatic N) is 2. The summed E-state index contributed by atoms with van der Waals surface area (Å²) in [4.78, 5) is 1.97. The van der Waals surface area contributed by atoms with Gasteiger partial charge in [0.25, 0.3) is 0 Å². The number of rotatable bonds is 9. The Morgan fingerprint density at radius 2 is 1.36 bits per heavy atom. The molecule has 0 aromatic heterocycles. The third kappa shape index (κ3) is 6.10. The number of methoxy groups -OCH3 is 2. The number of piperazine rings is 1. The molecule has 0 unspecified atom stereocenters. The molecule has 1 saturated heterocycles. The van der Waals surface area contributed by atoms with Crippen molar-refractivity contribution in [1.82, 2.24) is 13.9 Å². The van der Waals surface area contributed by atoms with Crippen molar-refractivity contribution in [2.45, 2.75) is 9.79 Å². The molecule has 0 atom stereocenters. The second-order valence-electron chi connectivity index (χ2n) is 7.23. The fraction of sp³-hybridized carbons (Fsp3) is 0.400. The third-order valence-corrected chi connectivity index (χ3v) is 9.08. The highest BCUT2D eigenvalue weighted by molar-refractivity contribution is 7.89. The molecule has 0 saturated carbocycles. The summed E-state index contributed by atoms with van der Waals surface area (Å²) in [5.74, 6) is 0.426. The lowest BCUT2D eigenvalue weighted by molar-refractivity contribution is 0.191. The van der Waals surface area contributed by atoms with Gasteiger partial charge in [-0.3, -0.25) is 4.90 Å². The van der Waals surface area contributed by atoms with Crippen molar-refractivity contribution in [1.29, 1.82) is 0 Å². The van der Waals surface area contributed by atoms with Gasteiger partial charge in [0.2, 0.25) is 20.0 Å². The molecule has 13 heteroatoms. The van der Waals surface area contributed by atoms with Crippen molar-refractivity contribution >= 4 is 43.2 Å². The van der Waals surface area contributed by atoms with E-state index in [1.807, 2.05) is 4.90 Å². The lowest BCUT2D eigenvalue weighted by Crippen LogP contribution is -2.50. The van der Waals surface area contributed by atoms with Crippen molar-refractivity contribution in [2.24, 2.45) is 0 Å². The smallest absolute Gasteiger partial charge is 0.246 e. The molecule has 1 heterocycles. The number of sulfonamides is 2. The van der Waals surface area contributed by atoms with Crippen LogP contribution in [-0.2, 0) is 20.0 Å². The summed E-state index contributed by atoms with van der Waals surface area (Å²) in [5.41, 5.74) is 0. The fourth-order valence-corrected chi connectivity index (χ4v) is 6.75. The minimum absolute atomic E-state index is 0.0224. The van der Waals surface area contributed by atoms with Crippen LogP contribution in [0.1, 0.15) is 0 Å². The topological polar surface area (TPSA) is 105 Å². The van der Waals surface area contributed by atoms with Gasteiger partial charge >= 0.3 is 0 Å². The van der Waals surface area contributed by atoms with E-state index < -0.39 is 20.0 Å². The molecular weight excluding hydrogens is 513 g/mol. The molecule has 1 aliphatic rings. The van der Waals surface area contributed by atoms with E-state index in [0.29, 0.717) is 24.7 Å². The summed E-state index contributed by atoms with van der Waals surface area (Å²) >= 11 is 11.9. The summed E-state index contributed by atoms with van der Waals surface area (Å²) in [5, 5.41) is 0.585. The monoisotopic (exact) mass is 537 g/mol. The van der Waals surface area contributed by atoms with Crippen LogP contribution in [0.4, 0.5) is 0 Å². The Morgan fingerprint density at radius 3 is 1.91 bits per heavy atom. The lowest BCUT2D eigenvalue weighted by Gasteiger charge is -2.34. The Bertz CT molecular complexity index is 1200. The SMILES string of the molecule is COc1ccc(Cl)cc1S(=O)(=O)NCCN1CCN(S(=O)(=O)c2cc(Cl)ccc2OC)CC1.